The third-order valence-electron chi connectivity index (χ3n) is 5.88. The fraction of sp³-hybridized carbons (Fsp3) is 0.481. The summed E-state index contributed by atoms with van der Waals surface area (Å²) in [4.78, 5) is 28.1. The van der Waals surface area contributed by atoms with Gasteiger partial charge in [0.05, 0.1) is 0 Å². The zero-order chi connectivity index (χ0) is 23.7. The van der Waals surface area contributed by atoms with Crippen molar-refractivity contribution in [2.75, 3.05) is 6.61 Å². The Bertz CT molecular complexity index is 894. The molecule has 0 aliphatic rings. The Kier molecular flexibility index (Phi) is 9.76. The summed E-state index contributed by atoms with van der Waals surface area (Å²) in [5.41, 5.74) is 3.18. The van der Waals surface area contributed by atoms with Gasteiger partial charge >= 0.3 is 0 Å². The molecule has 0 spiro atoms. The van der Waals surface area contributed by atoms with E-state index < -0.39 is 6.04 Å². The van der Waals surface area contributed by atoms with Gasteiger partial charge in [-0.15, -0.1) is 0 Å². The maximum absolute atomic E-state index is 13.4. The van der Waals surface area contributed by atoms with Gasteiger partial charge in [-0.1, -0.05) is 70.2 Å². The lowest BCUT2D eigenvalue weighted by molar-refractivity contribution is -0.143. The van der Waals surface area contributed by atoms with Crippen LogP contribution in [0.5, 0.6) is 5.75 Å². The predicted octanol–water partition coefficient (Wildman–Crippen LogP) is 5.22. The zero-order valence-electron chi connectivity index (χ0n) is 20.4. The summed E-state index contributed by atoms with van der Waals surface area (Å²) in [5, 5.41) is 3.04. The van der Waals surface area contributed by atoms with Crippen LogP contribution in [0.2, 0.25) is 0 Å². The molecule has 174 valence electrons. The molecule has 0 fully saturated rings. The topological polar surface area (TPSA) is 58.6 Å². The maximum atomic E-state index is 13.4. The van der Waals surface area contributed by atoms with Gasteiger partial charge in [0.1, 0.15) is 11.8 Å². The summed E-state index contributed by atoms with van der Waals surface area (Å²) < 4.78 is 5.96. The number of rotatable bonds is 11. The number of hydrogen-bond donors (Lipinski definition) is 1. The Labute approximate surface area is 193 Å². The van der Waals surface area contributed by atoms with Gasteiger partial charge in [0.15, 0.2) is 6.61 Å². The van der Waals surface area contributed by atoms with E-state index in [0.29, 0.717) is 18.7 Å². The molecule has 0 aliphatic carbocycles. The molecule has 0 radical (unpaired) electrons. The average molecular weight is 439 g/mol. The number of carbonyl (C=O) groups excluding carboxylic acids is 2. The summed E-state index contributed by atoms with van der Waals surface area (Å²) in [7, 11) is 0. The zero-order valence-corrected chi connectivity index (χ0v) is 20.4. The number of carbonyl (C=O) groups is 2. The molecule has 2 atom stereocenters. The van der Waals surface area contributed by atoms with E-state index in [1.807, 2.05) is 76.2 Å². The molecule has 0 bridgehead atoms. The highest BCUT2D eigenvalue weighted by Crippen LogP contribution is 2.26. The molecular formula is C27H38N2O3. The van der Waals surface area contributed by atoms with Crippen LogP contribution in [0.25, 0.3) is 0 Å². The smallest absolute Gasteiger partial charge is 0.261 e. The Morgan fingerprint density at radius 2 is 1.62 bits per heavy atom. The van der Waals surface area contributed by atoms with Crippen molar-refractivity contribution in [1.82, 2.24) is 10.2 Å². The second-order valence-electron chi connectivity index (χ2n) is 8.67. The summed E-state index contributed by atoms with van der Waals surface area (Å²) >= 11 is 0. The van der Waals surface area contributed by atoms with Crippen molar-refractivity contribution in [3.05, 3.63) is 65.2 Å². The van der Waals surface area contributed by atoms with E-state index in [9.17, 15) is 9.59 Å². The lowest BCUT2D eigenvalue weighted by Gasteiger charge is -2.32. The van der Waals surface area contributed by atoms with Gasteiger partial charge in [-0.25, -0.2) is 0 Å². The average Bonchev–Trinajstić information content (AvgIpc) is 2.78. The van der Waals surface area contributed by atoms with Crippen LogP contribution in [0.4, 0.5) is 0 Å². The van der Waals surface area contributed by atoms with Crippen molar-refractivity contribution in [3.8, 4) is 5.75 Å². The highest BCUT2D eigenvalue weighted by molar-refractivity contribution is 5.88. The fourth-order valence-electron chi connectivity index (χ4n) is 3.64. The summed E-state index contributed by atoms with van der Waals surface area (Å²) in [6.07, 6.45) is 1.37. The second kappa shape index (κ2) is 12.3. The van der Waals surface area contributed by atoms with Crippen LogP contribution >= 0.6 is 0 Å². The van der Waals surface area contributed by atoms with E-state index in [4.69, 9.17) is 4.74 Å². The van der Waals surface area contributed by atoms with E-state index in [1.54, 1.807) is 4.90 Å². The first-order valence-electron chi connectivity index (χ1n) is 11.6. The third kappa shape index (κ3) is 6.84. The summed E-state index contributed by atoms with van der Waals surface area (Å²) in [5.74, 6) is 0.683. The Morgan fingerprint density at radius 1 is 0.969 bits per heavy atom. The minimum Gasteiger partial charge on any atom is -0.483 e. The fourth-order valence-corrected chi connectivity index (χ4v) is 3.64. The van der Waals surface area contributed by atoms with Crippen molar-refractivity contribution in [1.29, 1.82) is 0 Å². The normalized spacial score (nSPS) is 12.8. The molecule has 0 aromatic heterocycles. The van der Waals surface area contributed by atoms with Gasteiger partial charge in [-0.2, -0.15) is 0 Å². The van der Waals surface area contributed by atoms with Crippen molar-refractivity contribution < 1.29 is 14.3 Å². The van der Waals surface area contributed by atoms with Gasteiger partial charge in [-0.05, 0) is 55.4 Å². The monoisotopic (exact) mass is 438 g/mol. The Hall–Kier alpha value is -2.82. The largest absolute Gasteiger partial charge is 0.483 e. The molecule has 2 aromatic carbocycles. The highest BCUT2D eigenvalue weighted by atomic mass is 16.5. The number of para-hydroxylation sites is 1. The van der Waals surface area contributed by atoms with Crippen LogP contribution in [0.1, 0.15) is 70.1 Å². The highest BCUT2D eigenvalue weighted by Gasteiger charge is 2.30. The molecular weight excluding hydrogens is 400 g/mol. The van der Waals surface area contributed by atoms with Gasteiger partial charge in [0.2, 0.25) is 5.91 Å². The second-order valence-corrected chi connectivity index (χ2v) is 8.67. The number of aryl methyl sites for hydroxylation is 1. The third-order valence-corrected chi connectivity index (χ3v) is 5.88. The van der Waals surface area contributed by atoms with E-state index in [0.717, 1.165) is 23.1 Å². The van der Waals surface area contributed by atoms with Crippen LogP contribution in [0, 0.1) is 6.92 Å². The van der Waals surface area contributed by atoms with E-state index in [2.05, 4.69) is 19.2 Å². The summed E-state index contributed by atoms with van der Waals surface area (Å²) in [6.45, 7) is 12.4. The molecule has 5 nitrogen and oxygen atoms in total. The molecule has 0 heterocycles. The quantitative estimate of drug-likeness (QED) is 0.523. The lowest BCUT2D eigenvalue weighted by Crippen LogP contribution is -2.51. The molecule has 0 unspecified atom stereocenters. The SMILES string of the molecule is CC[C@@H](C)NC(=O)[C@@H](CC)N(Cc1ccccc1C)C(=O)COc1ccccc1C(C)C. The first kappa shape index (κ1) is 25.4. The van der Waals surface area contributed by atoms with Gasteiger partial charge in [0, 0.05) is 12.6 Å². The molecule has 32 heavy (non-hydrogen) atoms. The maximum Gasteiger partial charge on any atom is 0.261 e. The van der Waals surface area contributed by atoms with Gasteiger partial charge in [-0.3, -0.25) is 9.59 Å². The minimum atomic E-state index is -0.556. The molecule has 0 aliphatic heterocycles. The van der Waals surface area contributed by atoms with Crippen LogP contribution in [0.3, 0.4) is 0 Å². The van der Waals surface area contributed by atoms with Crippen LogP contribution < -0.4 is 10.1 Å². The van der Waals surface area contributed by atoms with Crippen molar-refractivity contribution in [3.63, 3.8) is 0 Å². The van der Waals surface area contributed by atoms with Crippen molar-refractivity contribution in [2.24, 2.45) is 0 Å². The molecule has 0 saturated carbocycles. The molecule has 5 heteroatoms. The molecule has 2 amide bonds. The van der Waals surface area contributed by atoms with E-state index in [1.165, 1.54) is 0 Å². The van der Waals surface area contributed by atoms with Gasteiger partial charge in [0.25, 0.3) is 5.91 Å². The number of amides is 2. The first-order chi connectivity index (χ1) is 15.3. The Morgan fingerprint density at radius 3 is 2.25 bits per heavy atom. The number of nitrogens with one attached hydrogen (secondary N) is 1. The number of ether oxygens (including phenoxy) is 1. The van der Waals surface area contributed by atoms with Crippen molar-refractivity contribution in [2.45, 2.75) is 78.9 Å². The van der Waals surface area contributed by atoms with Crippen LogP contribution in [0.15, 0.2) is 48.5 Å². The number of hydrogen-bond acceptors (Lipinski definition) is 3. The number of nitrogens with zero attached hydrogens (tertiary/aromatic N) is 1. The molecule has 2 aromatic rings. The molecule has 1 N–H and O–H groups in total. The Balaban J connectivity index is 2.27. The van der Waals surface area contributed by atoms with E-state index >= 15 is 0 Å². The standard InChI is InChI=1S/C27H38N2O3/c1-7-21(6)28-27(31)24(8-2)29(17-22-14-10-9-13-20(22)5)26(30)18-32-25-16-12-11-15-23(25)19(3)4/h9-16,19,21,24H,7-8,17-18H2,1-6H3,(H,28,31)/t21-,24-/m1/s1. The number of benzene rings is 2. The minimum absolute atomic E-state index is 0.0566. The molecule has 2 rings (SSSR count). The van der Waals surface area contributed by atoms with Crippen molar-refractivity contribution >= 4 is 11.8 Å². The van der Waals surface area contributed by atoms with E-state index in [-0.39, 0.29) is 30.4 Å². The van der Waals surface area contributed by atoms with Crippen LogP contribution in [-0.2, 0) is 16.1 Å². The molecule has 0 saturated heterocycles. The first-order valence-corrected chi connectivity index (χ1v) is 11.6. The lowest BCUT2D eigenvalue weighted by atomic mass is 10.0. The van der Waals surface area contributed by atoms with Gasteiger partial charge < -0.3 is 15.0 Å². The predicted molar refractivity (Wildman–Crippen MR) is 130 cm³/mol. The summed E-state index contributed by atoms with van der Waals surface area (Å²) in [6, 6.07) is 15.3. The van der Waals surface area contributed by atoms with Crippen LogP contribution in [-0.4, -0.2) is 35.4 Å².